The molecule has 306 valence electrons. The minimum atomic E-state index is -3.95. The normalized spacial score (nSPS) is 29.9. The number of ether oxygens (including phenoxy) is 3. The number of carbonyl (C=O) groups excluding carboxylic acids is 4. The number of aromatic nitrogens is 1. The zero-order valence-electron chi connectivity index (χ0n) is 34.0. The summed E-state index contributed by atoms with van der Waals surface area (Å²) in [5, 5.41) is 1.55. The van der Waals surface area contributed by atoms with Crippen LogP contribution >= 0.6 is 0 Å². The number of Topliss-reactive ketones (excluding diaryl/α,β-unsaturated/α-hetero) is 1. The quantitative estimate of drug-likeness (QED) is 0.203. The summed E-state index contributed by atoms with van der Waals surface area (Å²) in [6.07, 6.45) is 8.99. The predicted octanol–water partition coefficient (Wildman–Crippen LogP) is 6.70. The summed E-state index contributed by atoms with van der Waals surface area (Å²) in [5.41, 5.74) is -2.01. The van der Waals surface area contributed by atoms with E-state index in [0.29, 0.717) is 43.9 Å². The van der Waals surface area contributed by atoms with Gasteiger partial charge in [0.25, 0.3) is 0 Å². The first-order chi connectivity index (χ1) is 26.4. The summed E-state index contributed by atoms with van der Waals surface area (Å²) in [6, 6.07) is 6.63. The minimum absolute atomic E-state index is 0.0572. The first-order valence-electron chi connectivity index (χ1n) is 20.3. The number of amides is 2. The number of nitrogens with zero attached hydrogens (tertiary/aromatic N) is 2. The first-order valence-corrected chi connectivity index (χ1v) is 21.8. The molecule has 1 aromatic carbocycles. The van der Waals surface area contributed by atoms with E-state index in [0.717, 1.165) is 30.0 Å². The molecule has 4 aliphatic rings. The van der Waals surface area contributed by atoms with Gasteiger partial charge in [-0.3, -0.25) is 23.9 Å². The monoisotopic (exact) mass is 793 g/mol. The second-order valence-corrected chi connectivity index (χ2v) is 20.2. The first kappa shape index (κ1) is 41.6. The molecule has 3 heterocycles. The lowest BCUT2D eigenvalue weighted by Crippen LogP contribution is -2.48. The van der Waals surface area contributed by atoms with Gasteiger partial charge in [-0.1, -0.05) is 51.1 Å². The van der Waals surface area contributed by atoms with Crippen LogP contribution in [0, 0.1) is 29.1 Å². The second-order valence-electron chi connectivity index (χ2n) is 18.0. The molecular formula is C43H59N3O9S. The van der Waals surface area contributed by atoms with Crippen LogP contribution in [0.5, 0.6) is 11.6 Å². The number of allylic oxidation sites excluding steroid dienone is 2. The van der Waals surface area contributed by atoms with Gasteiger partial charge in [0.2, 0.25) is 27.7 Å². The Labute approximate surface area is 331 Å². The summed E-state index contributed by atoms with van der Waals surface area (Å²) in [5.74, 6) is -1.99. The molecule has 2 aliphatic heterocycles. The number of sulfonamides is 1. The molecule has 6 rings (SSSR count). The van der Waals surface area contributed by atoms with Crippen molar-refractivity contribution in [3.8, 4) is 11.6 Å². The topological polar surface area (TPSA) is 158 Å². The van der Waals surface area contributed by atoms with E-state index in [1.54, 1.807) is 33.9 Å². The molecule has 0 radical (unpaired) electrons. The number of fused-ring (bicyclic) bond motifs is 3. The number of nitrogens with one attached hydrogen (secondary N) is 1. The van der Waals surface area contributed by atoms with Crippen LogP contribution in [0.1, 0.15) is 113 Å². The highest BCUT2D eigenvalue weighted by atomic mass is 32.2. The zero-order chi connectivity index (χ0) is 40.6. The van der Waals surface area contributed by atoms with Crippen molar-refractivity contribution in [1.82, 2.24) is 14.6 Å². The van der Waals surface area contributed by atoms with Gasteiger partial charge in [0.1, 0.15) is 17.5 Å². The van der Waals surface area contributed by atoms with Crippen molar-refractivity contribution in [3.63, 3.8) is 0 Å². The number of rotatable bonds is 10. The molecule has 2 aliphatic carbocycles. The molecule has 0 bridgehead atoms. The molecule has 2 saturated carbocycles. The Morgan fingerprint density at radius 1 is 1.07 bits per heavy atom. The van der Waals surface area contributed by atoms with Crippen LogP contribution in [0.2, 0.25) is 0 Å². The van der Waals surface area contributed by atoms with Gasteiger partial charge in [0.05, 0.1) is 47.9 Å². The molecule has 1 aromatic heterocycles. The van der Waals surface area contributed by atoms with E-state index in [1.807, 2.05) is 50.3 Å². The SMILES string of the molecule is CCCOc1cnc(O[C@@H]2C[C@H]3C(=O)C[C@]4(C(=O)NS(=O)(=O)C5(C)CC5)C[C@H]4/C=C\CC[C@H](C)C[C@@H](C)[C@H](CC(=O)OC(C)(C)C)C(=O)N3C2)c2ccccc12. The van der Waals surface area contributed by atoms with E-state index in [9.17, 15) is 27.6 Å². The third kappa shape index (κ3) is 9.08. The van der Waals surface area contributed by atoms with Crippen molar-refractivity contribution in [3.05, 3.63) is 42.6 Å². The Morgan fingerprint density at radius 3 is 2.46 bits per heavy atom. The van der Waals surface area contributed by atoms with Crippen molar-refractivity contribution in [2.45, 2.75) is 135 Å². The lowest BCUT2D eigenvalue weighted by molar-refractivity contribution is -0.160. The minimum Gasteiger partial charge on any atom is -0.491 e. The molecule has 56 heavy (non-hydrogen) atoms. The van der Waals surface area contributed by atoms with Crippen LogP contribution < -0.4 is 14.2 Å². The van der Waals surface area contributed by atoms with Gasteiger partial charge in [-0.05, 0) is 96.5 Å². The Kier molecular flexibility index (Phi) is 12.0. The van der Waals surface area contributed by atoms with Gasteiger partial charge in [-0.2, -0.15) is 0 Å². The predicted molar refractivity (Wildman–Crippen MR) is 212 cm³/mol. The smallest absolute Gasteiger partial charge is 0.307 e. The molecule has 3 fully saturated rings. The Morgan fingerprint density at radius 2 is 1.79 bits per heavy atom. The number of benzene rings is 1. The number of hydrogen-bond donors (Lipinski definition) is 1. The standard InChI is InChI=1S/C43H59N3O9S/c1-8-19-53-36-25-44-38(32-16-12-11-15-31(32)36)54-30-21-34-35(47)24-43(40(50)45-56(51,52)42(7)17-18-42)23-29(43)14-10-9-13-27(2)20-28(3)33(39(49)46(34)26-30)22-37(48)55-41(4,5)6/h10-12,14-16,25,27-30,33-34H,8-9,13,17-24,26H2,1-7H3,(H,45,50)/b14-10-/t27-,28+,29+,30+,33-,34-,43+/m0/s1. The number of pyridine rings is 1. The summed E-state index contributed by atoms with van der Waals surface area (Å²) >= 11 is 0. The Bertz CT molecular complexity index is 1970. The Balaban J connectivity index is 1.35. The van der Waals surface area contributed by atoms with Gasteiger partial charge in [0.15, 0.2) is 5.78 Å². The number of hydrogen-bond acceptors (Lipinski definition) is 10. The molecule has 7 atom stereocenters. The van der Waals surface area contributed by atoms with Crippen molar-refractivity contribution >= 4 is 44.4 Å². The average molecular weight is 794 g/mol. The molecule has 0 spiro atoms. The van der Waals surface area contributed by atoms with Crippen molar-refractivity contribution < 1.29 is 41.8 Å². The van der Waals surface area contributed by atoms with Crippen LogP contribution in [-0.4, -0.2) is 77.5 Å². The van der Waals surface area contributed by atoms with E-state index in [2.05, 4.69) is 16.6 Å². The summed E-state index contributed by atoms with van der Waals surface area (Å²) < 4.78 is 46.0. The van der Waals surface area contributed by atoms with Crippen molar-refractivity contribution in [1.29, 1.82) is 0 Å². The molecule has 2 amide bonds. The van der Waals surface area contributed by atoms with Gasteiger partial charge in [0, 0.05) is 23.6 Å². The van der Waals surface area contributed by atoms with E-state index in [4.69, 9.17) is 14.2 Å². The van der Waals surface area contributed by atoms with Crippen molar-refractivity contribution in [2.24, 2.45) is 29.1 Å². The highest BCUT2D eigenvalue weighted by molar-refractivity contribution is 7.91. The van der Waals surface area contributed by atoms with Crippen LogP contribution in [0.25, 0.3) is 10.8 Å². The number of ketones is 1. The van der Waals surface area contributed by atoms with Gasteiger partial charge >= 0.3 is 5.97 Å². The molecule has 12 nitrogen and oxygen atoms in total. The lowest BCUT2D eigenvalue weighted by atomic mass is 9.82. The molecular weight excluding hydrogens is 735 g/mol. The second kappa shape index (κ2) is 16.1. The maximum Gasteiger partial charge on any atom is 0.307 e. The highest BCUT2D eigenvalue weighted by Crippen LogP contribution is 2.57. The number of carbonyl (C=O) groups is 4. The van der Waals surface area contributed by atoms with Crippen molar-refractivity contribution in [2.75, 3.05) is 13.2 Å². The fourth-order valence-electron chi connectivity index (χ4n) is 8.37. The van der Waals surface area contributed by atoms with Crippen LogP contribution in [0.4, 0.5) is 0 Å². The molecule has 13 heteroatoms. The summed E-state index contributed by atoms with van der Waals surface area (Å²) in [6.45, 7) is 13.7. The van der Waals surface area contributed by atoms with E-state index in [1.165, 1.54) is 4.90 Å². The van der Waals surface area contributed by atoms with Crippen LogP contribution in [-0.2, 0) is 33.9 Å². The largest absolute Gasteiger partial charge is 0.491 e. The lowest BCUT2D eigenvalue weighted by Gasteiger charge is -2.32. The summed E-state index contributed by atoms with van der Waals surface area (Å²) in [4.78, 5) is 63.1. The van der Waals surface area contributed by atoms with Crippen LogP contribution in [0.15, 0.2) is 42.6 Å². The Hall–Kier alpha value is -4.00. The third-order valence-corrected chi connectivity index (χ3v) is 14.2. The van der Waals surface area contributed by atoms with E-state index < -0.39 is 55.7 Å². The zero-order valence-corrected chi connectivity index (χ0v) is 34.8. The van der Waals surface area contributed by atoms with E-state index in [-0.39, 0.29) is 55.3 Å². The fourth-order valence-corrected chi connectivity index (χ4v) is 9.70. The van der Waals surface area contributed by atoms with E-state index >= 15 is 0 Å². The maximum atomic E-state index is 14.9. The molecule has 1 N–H and O–H groups in total. The summed E-state index contributed by atoms with van der Waals surface area (Å²) in [7, 11) is -3.95. The molecule has 2 aromatic rings. The van der Waals surface area contributed by atoms with Gasteiger partial charge in [-0.15, -0.1) is 0 Å². The molecule has 1 saturated heterocycles. The average Bonchev–Trinajstić information content (AvgIpc) is 4.01. The van der Waals surface area contributed by atoms with Crippen LogP contribution in [0.3, 0.4) is 0 Å². The van der Waals surface area contributed by atoms with Gasteiger partial charge in [-0.25, -0.2) is 13.4 Å². The van der Waals surface area contributed by atoms with Gasteiger partial charge < -0.3 is 19.1 Å². The highest BCUT2D eigenvalue weighted by Gasteiger charge is 2.62. The molecule has 0 unspecified atom stereocenters. The third-order valence-electron chi connectivity index (χ3n) is 12.1. The maximum absolute atomic E-state index is 14.9. The fraction of sp³-hybridized carbons (Fsp3) is 0.651. The number of esters is 1.